The summed E-state index contributed by atoms with van der Waals surface area (Å²) in [7, 11) is 0. The van der Waals surface area contributed by atoms with Crippen LogP contribution in [0.1, 0.15) is 26.6 Å². The lowest BCUT2D eigenvalue weighted by Gasteiger charge is -2.15. The Labute approximate surface area is 158 Å². The topological polar surface area (TPSA) is 122 Å². The van der Waals surface area contributed by atoms with Gasteiger partial charge in [-0.05, 0) is 37.1 Å². The van der Waals surface area contributed by atoms with Crippen LogP contribution in [0.2, 0.25) is 0 Å². The van der Waals surface area contributed by atoms with Crippen molar-refractivity contribution in [3.63, 3.8) is 0 Å². The first-order chi connectivity index (χ1) is 12.9. The highest BCUT2D eigenvalue weighted by atomic mass is 32.1. The number of amidine groups is 1. The predicted molar refractivity (Wildman–Crippen MR) is 104 cm³/mol. The van der Waals surface area contributed by atoms with Crippen LogP contribution in [0, 0.1) is 13.8 Å². The van der Waals surface area contributed by atoms with Crippen molar-refractivity contribution in [2.24, 2.45) is 10.7 Å². The molecule has 1 aliphatic heterocycles. The smallest absolute Gasteiger partial charge is 0.287 e. The molecule has 9 heteroatoms. The SMILES string of the molecule is Cc1sc2nc(C(=O)NCc3ccc4c(c3)N=C(N)CO4)[nH]c(=O)c2c1C. The molecular formula is C18H17N5O3S. The molecule has 0 atom stereocenters. The van der Waals surface area contributed by atoms with Gasteiger partial charge in [0.25, 0.3) is 11.5 Å². The van der Waals surface area contributed by atoms with E-state index >= 15 is 0 Å². The molecule has 3 heterocycles. The summed E-state index contributed by atoms with van der Waals surface area (Å²) in [5, 5.41) is 3.30. The van der Waals surface area contributed by atoms with Gasteiger partial charge in [-0.1, -0.05) is 6.07 Å². The van der Waals surface area contributed by atoms with Gasteiger partial charge in [-0.2, -0.15) is 0 Å². The van der Waals surface area contributed by atoms with Gasteiger partial charge < -0.3 is 20.8 Å². The van der Waals surface area contributed by atoms with Crippen LogP contribution >= 0.6 is 11.3 Å². The quantitative estimate of drug-likeness (QED) is 0.638. The number of ether oxygens (including phenoxy) is 1. The van der Waals surface area contributed by atoms with Crippen molar-refractivity contribution < 1.29 is 9.53 Å². The number of carbonyl (C=O) groups is 1. The van der Waals surface area contributed by atoms with Gasteiger partial charge in [0, 0.05) is 11.4 Å². The van der Waals surface area contributed by atoms with E-state index in [1.807, 2.05) is 19.9 Å². The monoisotopic (exact) mass is 383 g/mol. The van der Waals surface area contributed by atoms with E-state index in [0.717, 1.165) is 16.0 Å². The molecular weight excluding hydrogens is 366 g/mol. The fraction of sp³-hybridized carbons (Fsp3) is 0.222. The van der Waals surface area contributed by atoms with Crippen LogP contribution in [0.4, 0.5) is 5.69 Å². The van der Waals surface area contributed by atoms with E-state index in [2.05, 4.69) is 20.3 Å². The van der Waals surface area contributed by atoms with Crippen molar-refractivity contribution in [2.45, 2.75) is 20.4 Å². The number of rotatable bonds is 3. The first kappa shape index (κ1) is 17.2. The summed E-state index contributed by atoms with van der Waals surface area (Å²) in [6, 6.07) is 5.42. The zero-order chi connectivity index (χ0) is 19.1. The number of nitrogens with zero attached hydrogens (tertiary/aromatic N) is 2. The summed E-state index contributed by atoms with van der Waals surface area (Å²) in [5.41, 5.74) is 7.73. The molecule has 0 bridgehead atoms. The van der Waals surface area contributed by atoms with Gasteiger partial charge in [0.05, 0.1) is 5.39 Å². The number of hydrogen-bond donors (Lipinski definition) is 3. The second kappa shape index (κ2) is 6.51. The normalized spacial score (nSPS) is 13.0. The first-order valence-corrected chi connectivity index (χ1v) is 9.11. The Balaban J connectivity index is 1.54. The Kier molecular flexibility index (Phi) is 4.15. The molecule has 3 aromatic rings. The molecule has 27 heavy (non-hydrogen) atoms. The highest BCUT2D eigenvalue weighted by Crippen LogP contribution is 2.31. The van der Waals surface area contributed by atoms with Gasteiger partial charge in [-0.15, -0.1) is 11.3 Å². The number of aliphatic imine (C=N–C) groups is 1. The van der Waals surface area contributed by atoms with E-state index in [4.69, 9.17) is 10.5 Å². The summed E-state index contributed by atoms with van der Waals surface area (Å²) in [6.45, 7) is 4.33. The Morgan fingerprint density at radius 3 is 3.04 bits per heavy atom. The minimum Gasteiger partial charge on any atom is -0.483 e. The Morgan fingerprint density at radius 2 is 2.22 bits per heavy atom. The maximum absolute atomic E-state index is 12.4. The van der Waals surface area contributed by atoms with E-state index < -0.39 is 5.91 Å². The molecule has 0 spiro atoms. The summed E-state index contributed by atoms with van der Waals surface area (Å²) in [6.07, 6.45) is 0. The van der Waals surface area contributed by atoms with Crippen molar-refractivity contribution in [3.8, 4) is 5.75 Å². The molecule has 0 aliphatic carbocycles. The molecule has 0 radical (unpaired) electrons. The second-order valence-electron chi connectivity index (χ2n) is 6.25. The third-order valence-corrected chi connectivity index (χ3v) is 5.47. The number of H-pyrrole nitrogens is 1. The molecule has 1 aliphatic rings. The summed E-state index contributed by atoms with van der Waals surface area (Å²) in [4.78, 5) is 37.4. The fourth-order valence-corrected chi connectivity index (χ4v) is 3.88. The molecule has 1 aromatic carbocycles. The highest BCUT2D eigenvalue weighted by Gasteiger charge is 2.16. The van der Waals surface area contributed by atoms with E-state index in [9.17, 15) is 9.59 Å². The minimum atomic E-state index is -0.449. The maximum atomic E-state index is 12.4. The van der Waals surface area contributed by atoms with Crippen molar-refractivity contribution >= 4 is 39.0 Å². The van der Waals surface area contributed by atoms with Crippen LogP contribution < -0.4 is 21.3 Å². The standard InChI is InChI=1S/C18H17N5O3S/c1-8-9(2)27-18-14(8)16(24)22-15(23-18)17(25)20-6-10-3-4-12-11(5-10)21-13(19)7-26-12/h3-5H,6-7H2,1-2H3,(H2,19,21)(H,20,25)(H,22,23,24). The van der Waals surface area contributed by atoms with E-state index in [-0.39, 0.29) is 24.5 Å². The van der Waals surface area contributed by atoms with Crippen LogP contribution in [-0.4, -0.2) is 28.3 Å². The molecule has 0 fully saturated rings. The fourth-order valence-electron chi connectivity index (χ4n) is 2.85. The molecule has 1 amide bonds. The minimum absolute atomic E-state index is 0.00249. The predicted octanol–water partition coefficient (Wildman–Crippen LogP) is 1.91. The number of amides is 1. The van der Waals surface area contributed by atoms with Crippen LogP contribution in [0.5, 0.6) is 5.75 Å². The number of aromatic nitrogens is 2. The first-order valence-electron chi connectivity index (χ1n) is 8.29. The lowest BCUT2D eigenvalue weighted by molar-refractivity contribution is 0.0940. The number of carbonyl (C=O) groups excluding carboxylic acids is 1. The van der Waals surface area contributed by atoms with Gasteiger partial charge in [0.2, 0.25) is 5.82 Å². The summed E-state index contributed by atoms with van der Waals surface area (Å²) >= 11 is 1.40. The lowest BCUT2D eigenvalue weighted by Crippen LogP contribution is -2.27. The number of benzene rings is 1. The van der Waals surface area contributed by atoms with E-state index in [1.165, 1.54) is 11.3 Å². The third-order valence-electron chi connectivity index (χ3n) is 4.37. The lowest BCUT2D eigenvalue weighted by atomic mass is 10.1. The van der Waals surface area contributed by atoms with Gasteiger partial charge in [0.15, 0.2) is 0 Å². The molecule has 0 saturated carbocycles. The summed E-state index contributed by atoms with van der Waals surface area (Å²) in [5.74, 6) is 0.603. The molecule has 0 saturated heterocycles. The van der Waals surface area contributed by atoms with Crippen molar-refractivity contribution in [1.82, 2.24) is 15.3 Å². The number of nitrogens with two attached hydrogens (primary N) is 1. The van der Waals surface area contributed by atoms with E-state index in [0.29, 0.717) is 27.5 Å². The zero-order valence-corrected chi connectivity index (χ0v) is 15.6. The molecule has 4 rings (SSSR count). The average Bonchev–Trinajstić information content (AvgIpc) is 2.93. The molecule has 4 N–H and O–H groups in total. The van der Waals surface area contributed by atoms with Gasteiger partial charge >= 0.3 is 0 Å². The molecule has 0 unspecified atom stereocenters. The maximum Gasteiger partial charge on any atom is 0.287 e. The second-order valence-corrected chi connectivity index (χ2v) is 7.46. The van der Waals surface area contributed by atoms with E-state index in [1.54, 1.807) is 12.1 Å². The molecule has 8 nitrogen and oxygen atoms in total. The van der Waals surface area contributed by atoms with Crippen LogP contribution in [0.25, 0.3) is 10.2 Å². The van der Waals surface area contributed by atoms with Crippen molar-refractivity contribution in [3.05, 3.63) is 50.4 Å². The highest BCUT2D eigenvalue weighted by molar-refractivity contribution is 7.18. The van der Waals surface area contributed by atoms with Gasteiger partial charge in [-0.25, -0.2) is 9.98 Å². The van der Waals surface area contributed by atoms with Gasteiger partial charge in [-0.3, -0.25) is 9.59 Å². The number of aryl methyl sites for hydroxylation is 2. The van der Waals surface area contributed by atoms with Crippen molar-refractivity contribution in [1.29, 1.82) is 0 Å². The average molecular weight is 383 g/mol. The Morgan fingerprint density at radius 1 is 1.41 bits per heavy atom. The number of hydrogen-bond acceptors (Lipinski definition) is 7. The number of nitrogens with one attached hydrogen (secondary N) is 2. The van der Waals surface area contributed by atoms with Crippen LogP contribution in [0.15, 0.2) is 28.0 Å². The largest absolute Gasteiger partial charge is 0.483 e. The van der Waals surface area contributed by atoms with Crippen molar-refractivity contribution in [2.75, 3.05) is 6.61 Å². The van der Waals surface area contributed by atoms with Crippen LogP contribution in [0.3, 0.4) is 0 Å². The summed E-state index contributed by atoms with van der Waals surface area (Å²) < 4.78 is 5.46. The Hall–Kier alpha value is -3.20. The molecule has 2 aromatic heterocycles. The van der Waals surface area contributed by atoms with Gasteiger partial charge in [0.1, 0.15) is 28.7 Å². The number of aromatic amines is 1. The zero-order valence-electron chi connectivity index (χ0n) is 14.8. The third kappa shape index (κ3) is 3.17. The van der Waals surface area contributed by atoms with Crippen LogP contribution in [-0.2, 0) is 6.54 Å². The molecule has 138 valence electrons. The number of thiophene rings is 1. The number of fused-ring (bicyclic) bond motifs is 2. The Bertz CT molecular complexity index is 1160.